The summed E-state index contributed by atoms with van der Waals surface area (Å²) < 4.78 is 0. The zero-order valence-electron chi connectivity index (χ0n) is 11.1. The predicted molar refractivity (Wildman–Crippen MR) is 73.8 cm³/mol. The van der Waals surface area contributed by atoms with Crippen LogP contribution in [0.25, 0.3) is 0 Å². The van der Waals surface area contributed by atoms with E-state index in [9.17, 15) is 14.9 Å². The maximum absolute atomic E-state index is 11.4. The average molecular weight is 270 g/mol. The number of carbonyl (C=O) groups excluding carboxylic acids is 1. The van der Waals surface area contributed by atoms with Crippen LogP contribution in [-0.4, -0.2) is 23.3 Å². The molecule has 1 heterocycles. The summed E-state index contributed by atoms with van der Waals surface area (Å²) in [6.07, 6.45) is 0.905. The van der Waals surface area contributed by atoms with Gasteiger partial charge in [0.2, 0.25) is 0 Å². The maximum Gasteiger partial charge on any atom is 0.304 e. The molecule has 0 N–H and O–H groups in total. The van der Waals surface area contributed by atoms with Crippen molar-refractivity contribution in [3.63, 3.8) is 0 Å². The Labute approximate surface area is 111 Å². The number of hydrogen-bond acceptors (Lipinski definition) is 5. The fourth-order valence-electron chi connectivity index (χ4n) is 1.72. The molecule has 1 aromatic rings. The van der Waals surface area contributed by atoms with Gasteiger partial charge in [0.1, 0.15) is 0 Å². The molecular formula is C12H18N2O3S. The van der Waals surface area contributed by atoms with Gasteiger partial charge in [-0.2, -0.15) is 0 Å². The number of Topliss-reactive ketones (excluding diaryl/α,β-unsaturated/α-hetero) is 1. The van der Waals surface area contributed by atoms with Crippen LogP contribution in [0.5, 0.6) is 0 Å². The van der Waals surface area contributed by atoms with Crippen molar-refractivity contribution in [2.75, 3.05) is 11.4 Å². The topological polar surface area (TPSA) is 63.5 Å². The lowest BCUT2D eigenvalue weighted by atomic mass is 10.3. The first kappa shape index (κ1) is 14.6. The summed E-state index contributed by atoms with van der Waals surface area (Å²) in [5.41, 5.74) is 0.0346. The molecule has 0 bridgehead atoms. The molecule has 0 aliphatic heterocycles. The summed E-state index contributed by atoms with van der Waals surface area (Å²) >= 11 is 1.21. The molecule has 1 rings (SSSR count). The molecule has 0 atom stereocenters. The standard InChI is InChI=1S/C12H18N2O3S/c1-5-6-13(8(2)3)12-10(14(16)17)7-11(18-12)9(4)15/h7-8H,5-6H2,1-4H3. The van der Waals surface area contributed by atoms with Gasteiger partial charge in [-0.3, -0.25) is 14.9 Å². The first-order valence-electron chi connectivity index (χ1n) is 5.94. The molecule has 0 aliphatic carbocycles. The van der Waals surface area contributed by atoms with Gasteiger partial charge in [0.25, 0.3) is 0 Å². The first-order chi connectivity index (χ1) is 8.38. The third kappa shape index (κ3) is 3.07. The third-order valence-corrected chi connectivity index (χ3v) is 3.85. The van der Waals surface area contributed by atoms with E-state index in [1.54, 1.807) is 0 Å². The van der Waals surface area contributed by atoms with Crippen LogP contribution in [0.15, 0.2) is 6.07 Å². The van der Waals surface area contributed by atoms with Crippen molar-refractivity contribution in [2.45, 2.75) is 40.2 Å². The number of nitro groups is 1. The lowest BCUT2D eigenvalue weighted by Gasteiger charge is -2.26. The van der Waals surface area contributed by atoms with E-state index in [0.717, 1.165) is 13.0 Å². The molecule has 0 spiro atoms. The first-order valence-corrected chi connectivity index (χ1v) is 6.75. The van der Waals surface area contributed by atoms with E-state index in [2.05, 4.69) is 0 Å². The van der Waals surface area contributed by atoms with Crippen molar-refractivity contribution >= 4 is 27.8 Å². The lowest BCUT2D eigenvalue weighted by Crippen LogP contribution is -2.31. The van der Waals surface area contributed by atoms with Crippen LogP contribution in [0, 0.1) is 10.1 Å². The smallest absolute Gasteiger partial charge is 0.304 e. The van der Waals surface area contributed by atoms with Crippen LogP contribution in [-0.2, 0) is 0 Å². The second kappa shape index (κ2) is 5.95. The highest BCUT2D eigenvalue weighted by Gasteiger charge is 2.26. The van der Waals surface area contributed by atoms with E-state index in [1.165, 1.54) is 24.3 Å². The molecule has 0 radical (unpaired) electrons. The molecule has 100 valence electrons. The number of anilines is 1. The molecule has 5 nitrogen and oxygen atoms in total. The largest absolute Gasteiger partial charge is 0.355 e. The summed E-state index contributed by atoms with van der Waals surface area (Å²) in [6.45, 7) is 8.19. The molecule has 0 aliphatic rings. The Kier molecular flexibility index (Phi) is 4.84. The summed E-state index contributed by atoms with van der Waals surface area (Å²) in [4.78, 5) is 24.4. The normalized spacial score (nSPS) is 10.7. The highest BCUT2D eigenvalue weighted by Crippen LogP contribution is 2.38. The number of ketones is 1. The Morgan fingerprint density at radius 2 is 2.17 bits per heavy atom. The number of rotatable bonds is 6. The maximum atomic E-state index is 11.4. The molecule has 0 amide bonds. The van der Waals surface area contributed by atoms with Gasteiger partial charge in [-0.25, -0.2) is 0 Å². The quantitative estimate of drug-likeness (QED) is 0.451. The highest BCUT2D eigenvalue weighted by atomic mass is 32.1. The summed E-state index contributed by atoms with van der Waals surface area (Å²) in [5.74, 6) is -0.130. The number of hydrogen-bond donors (Lipinski definition) is 0. The second-order valence-corrected chi connectivity index (χ2v) is 5.43. The Hall–Kier alpha value is -1.43. The minimum absolute atomic E-state index is 0.0346. The van der Waals surface area contributed by atoms with E-state index >= 15 is 0 Å². The minimum Gasteiger partial charge on any atom is -0.355 e. The van der Waals surface area contributed by atoms with Gasteiger partial charge in [-0.05, 0) is 27.2 Å². The molecule has 18 heavy (non-hydrogen) atoms. The van der Waals surface area contributed by atoms with Crippen LogP contribution in [0.3, 0.4) is 0 Å². The van der Waals surface area contributed by atoms with Crippen molar-refractivity contribution in [1.29, 1.82) is 0 Å². The van der Waals surface area contributed by atoms with Gasteiger partial charge in [-0.15, -0.1) is 11.3 Å². The third-order valence-electron chi connectivity index (χ3n) is 2.59. The van der Waals surface area contributed by atoms with Gasteiger partial charge >= 0.3 is 5.69 Å². The Balaban J connectivity index is 3.26. The zero-order valence-corrected chi connectivity index (χ0v) is 11.9. The molecule has 0 aromatic carbocycles. The average Bonchev–Trinajstić information content (AvgIpc) is 2.69. The van der Waals surface area contributed by atoms with Gasteiger partial charge in [-0.1, -0.05) is 6.92 Å². The van der Waals surface area contributed by atoms with Gasteiger partial charge < -0.3 is 4.90 Å². The summed E-state index contributed by atoms with van der Waals surface area (Å²) in [6, 6.07) is 1.55. The molecule has 0 fully saturated rings. The van der Waals surface area contributed by atoms with Crippen LogP contribution < -0.4 is 4.90 Å². The van der Waals surface area contributed by atoms with Crippen LogP contribution in [0.1, 0.15) is 43.8 Å². The van der Waals surface area contributed by atoms with E-state index in [0.29, 0.717) is 9.88 Å². The molecule has 1 aromatic heterocycles. The highest BCUT2D eigenvalue weighted by molar-refractivity contribution is 7.18. The SMILES string of the molecule is CCCN(c1sc(C(C)=O)cc1[N+](=O)[O-])C(C)C. The summed E-state index contributed by atoms with van der Waals surface area (Å²) in [5, 5.41) is 11.6. The van der Waals surface area contributed by atoms with Crippen LogP contribution >= 0.6 is 11.3 Å². The molecule has 0 saturated carbocycles. The Bertz CT molecular complexity index is 454. The van der Waals surface area contributed by atoms with E-state index < -0.39 is 4.92 Å². The monoisotopic (exact) mass is 270 g/mol. The van der Waals surface area contributed by atoms with E-state index in [1.807, 2.05) is 25.7 Å². The Morgan fingerprint density at radius 1 is 1.56 bits per heavy atom. The number of thiophene rings is 1. The van der Waals surface area contributed by atoms with Crippen molar-refractivity contribution in [2.24, 2.45) is 0 Å². The fraction of sp³-hybridized carbons (Fsp3) is 0.583. The van der Waals surface area contributed by atoms with Crippen LogP contribution in [0.4, 0.5) is 10.7 Å². The fourth-order valence-corrected chi connectivity index (χ4v) is 2.90. The van der Waals surface area contributed by atoms with Crippen LogP contribution in [0.2, 0.25) is 0 Å². The van der Waals surface area contributed by atoms with Crippen molar-refractivity contribution in [1.82, 2.24) is 0 Å². The molecule has 0 saturated heterocycles. The number of nitrogens with zero attached hydrogens (tertiary/aromatic N) is 2. The summed E-state index contributed by atoms with van der Waals surface area (Å²) in [7, 11) is 0. The molecular weight excluding hydrogens is 252 g/mol. The minimum atomic E-state index is -0.413. The van der Waals surface area contributed by atoms with Gasteiger partial charge in [0, 0.05) is 18.7 Å². The predicted octanol–water partition coefficient (Wildman–Crippen LogP) is 3.48. The number of carbonyl (C=O) groups is 1. The lowest BCUT2D eigenvalue weighted by molar-refractivity contribution is -0.383. The van der Waals surface area contributed by atoms with Crippen molar-refractivity contribution in [3.05, 3.63) is 21.1 Å². The van der Waals surface area contributed by atoms with Gasteiger partial charge in [0.05, 0.1) is 9.80 Å². The second-order valence-electron chi connectivity index (χ2n) is 4.40. The molecule has 0 unspecified atom stereocenters. The van der Waals surface area contributed by atoms with E-state index in [-0.39, 0.29) is 17.5 Å². The van der Waals surface area contributed by atoms with Crippen molar-refractivity contribution < 1.29 is 9.72 Å². The van der Waals surface area contributed by atoms with E-state index in [4.69, 9.17) is 0 Å². The zero-order chi connectivity index (χ0) is 13.9. The molecule has 6 heteroatoms. The van der Waals surface area contributed by atoms with Crippen molar-refractivity contribution in [3.8, 4) is 0 Å². The Morgan fingerprint density at radius 3 is 2.56 bits per heavy atom. The van der Waals surface area contributed by atoms with Gasteiger partial charge in [0.15, 0.2) is 10.8 Å².